The molecule has 0 aliphatic heterocycles. The van der Waals surface area contributed by atoms with Gasteiger partial charge in [-0.15, -0.1) is 0 Å². The molecular weight excluding hydrogens is 543 g/mol. The molecule has 0 fully saturated rings. The Balaban J connectivity index is 0.000000182. The van der Waals surface area contributed by atoms with Crippen LogP contribution in [0.25, 0.3) is 11.3 Å². The Kier molecular flexibility index (Phi) is 7.55. The molecule has 0 radical (unpaired) electrons. The van der Waals surface area contributed by atoms with Crippen molar-refractivity contribution >= 4 is 61.2 Å². The van der Waals surface area contributed by atoms with Crippen molar-refractivity contribution in [2.75, 3.05) is 24.3 Å². The fourth-order valence-corrected chi connectivity index (χ4v) is 4.55. The molecule has 0 saturated carbocycles. The van der Waals surface area contributed by atoms with Crippen molar-refractivity contribution in [1.29, 1.82) is 0 Å². The maximum atomic E-state index is 13.6. The number of imidazole rings is 2. The second kappa shape index (κ2) is 9.99. The predicted molar refractivity (Wildman–Crippen MR) is 133 cm³/mol. The summed E-state index contributed by atoms with van der Waals surface area (Å²) in [6.07, 6.45) is 6.11. The summed E-state index contributed by atoms with van der Waals surface area (Å²) in [5.41, 5.74) is 4.14. The van der Waals surface area contributed by atoms with Crippen LogP contribution in [-0.4, -0.2) is 39.3 Å². The molecule has 0 bridgehead atoms. The van der Waals surface area contributed by atoms with E-state index in [9.17, 15) is 9.18 Å². The van der Waals surface area contributed by atoms with E-state index in [2.05, 4.69) is 47.1 Å². The van der Waals surface area contributed by atoms with E-state index >= 15 is 0 Å². The highest BCUT2D eigenvalue weighted by Gasteiger charge is 2.16. The second-order valence-electron chi connectivity index (χ2n) is 7.20. The fourth-order valence-electron chi connectivity index (χ4n) is 3.60. The first kappa shape index (κ1) is 24.2. The summed E-state index contributed by atoms with van der Waals surface area (Å²) in [7, 11) is 3.55. The summed E-state index contributed by atoms with van der Waals surface area (Å²) in [6, 6.07) is 3.44. The lowest BCUT2D eigenvalue weighted by Gasteiger charge is -2.12. The molecule has 4 rings (SSSR count). The number of anilines is 2. The third-order valence-electron chi connectivity index (χ3n) is 5.03. The Bertz CT molecular complexity index is 1280. The number of pyridine rings is 2. The highest BCUT2D eigenvalue weighted by atomic mass is 79.9. The standard InChI is InChI=1S/C12H14BrN3O.C10H11BrFN3/c1-4-10-12(15(3)7-17)16-6-9(13)5-8(2)11(16)14-10;1-3-8-10(13-2)15-5-6(11)4-7(12)9(15)14-8/h5-7H,4H2,1-3H3;4-5,13H,3H2,1-2H3. The van der Waals surface area contributed by atoms with Crippen molar-refractivity contribution in [2.24, 2.45) is 0 Å². The zero-order chi connectivity index (χ0) is 23.6. The van der Waals surface area contributed by atoms with Gasteiger partial charge in [0.1, 0.15) is 17.3 Å². The van der Waals surface area contributed by atoms with Gasteiger partial charge in [0, 0.05) is 35.4 Å². The van der Waals surface area contributed by atoms with Crippen LogP contribution in [0, 0.1) is 12.7 Å². The summed E-state index contributed by atoms with van der Waals surface area (Å²) in [6.45, 7) is 6.04. The third kappa shape index (κ3) is 4.52. The number of fused-ring (bicyclic) bond motifs is 2. The van der Waals surface area contributed by atoms with Crippen LogP contribution in [0.4, 0.5) is 16.0 Å². The van der Waals surface area contributed by atoms with Crippen molar-refractivity contribution in [3.05, 3.63) is 56.2 Å². The molecular formula is C22H25Br2FN6O. The van der Waals surface area contributed by atoms with Crippen LogP contribution in [0.3, 0.4) is 0 Å². The highest BCUT2D eigenvalue weighted by molar-refractivity contribution is 9.10. The van der Waals surface area contributed by atoms with Gasteiger partial charge in [-0.25, -0.2) is 14.4 Å². The molecule has 0 aromatic carbocycles. The molecule has 0 unspecified atom stereocenters. The number of halogens is 3. The maximum absolute atomic E-state index is 13.6. The van der Waals surface area contributed by atoms with Crippen LogP contribution in [0.15, 0.2) is 33.5 Å². The first-order valence-electron chi connectivity index (χ1n) is 10.1. The molecule has 4 aromatic heterocycles. The molecule has 10 heteroatoms. The van der Waals surface area contributed by atoms with Gasteiger partial charge in [0.15, 0.2) is 11.5 Å². The number of nitrogens with one attached hydrogen (secondary N) is 1. The predicted octanol–water partition coefficient (Wildman–Crippen LogP) is 5.40. The molecule has 1 amide bonds. The summed E-state index contributed by atoms with van der Waals surface area (Å²) in [5.74, 6) is 1.36. The molecule has 0 atom stereocenters. The number of rotatable bonds is 5. The quantitative estimate of drug-likeness (QED) is 0.328. The van der Waals surface area contributed by atoms with Crippen molar-refractivity contribution in [3.63, 3.8) is 0 Å². The summed E-state index contributed by atoms with van der Waals surface area (Å²) >= 11 is 6.73. The van der Waals surface area contributed by atoms with Gasteiger partial charge < -0.3 is 10.2 Å². The lowest BCUT2D eigenvalue weighted by molar-refractivity contribution is -0.107. The number of hydrogen-bond acceptors (Lipinski definition) is 4. The number of carbonyl (C=O) groups excluding carboxylic acids is 1. The fraction of sp³-hybridized carbons (Fsp3) is 0.318. The number of aryl methyl sites for hydroxylation is 3. The van der Waals surface area contributed by atoms with Gasteiger partial charge in [0.25, 0.3) is 0 Å². The molecule has 0 saturated heterocycles. The van der Waals surface area contributed by atoms with E-state index in [0.29, 0.717) is 10.1 Å². The minimum atomic E-state index is -0.319. The monoisotopic (exact) mass is 566 g/mol. The van der Waals surface area contributed by atoms with Crippen LogP contribution in [0.2, 0.25) is 0 Å². The average Bonchev–Trinajstić information content (AvgIpc) is 3.31. The van der Waals surface area contributed by atoms with Gasteiger partial charge in [-0.05, 0) is 69.3 Å². The molecule has 32 heavy (non-hydrogen) atoms. The van der Waals surface area contributed by atoms with Gasteiger partial charge in [-0.3, -0.25) is 13.6 Å². The van der Waals surface area contributed by atoms with Crippen LogP contribution >= 0.6 is 31.9 Å². The first-order chi connectivity index (χ1) is 15.2. The topological polar surface area (TPSA) is 66.9 Å². The number of nitrogens with zero attached hydrogens (tertiary/aromatic N) is 5. The van der Waals surface area contributed by atoms with E-state index in [0.717, 1.165) is 58.0 Å². The number of amides is 1. The van der Waals surface area contributed by atoms with Gasteiger partial charge in [-0.2, -0.15) is 0 Å². The normalized spacial score (nSPS) is 10.9. The van der Waals surface area contributed by atoms with Gasteiger partial charge >= 0.3 is 0 Å². The van der Waals surface area contributed by atoms with E-state index in [1.54, 1.807) is 29.6 Å². The Morgan fingerprint density at radius 2 is 1.66 bits per heavy atom. The molecule has 4 heterocycles. The van der Waals surface area contributed by atoms with E-state index in [4.69, 9.17) is 0 Å². The lowest BCUT2D eigenvalue weighted by atomic mass is 10.3. The van der Waals surface area contributed by atoms with Crippen LogP contribution in [0.5, 0.6) is 0 Å². The van der Waals surface area contributed by atoms with Gasteiger partial charge in [0.2, 0.25) is 6.41 Å². The maximum Gasteiger partial charge on any atom is 0.215 e. The molecule has 4 aromatic rings. The molecule has 7 nitrogen and oxygen atoms in total. The number of hydrogen-bond donors (Lipinski definition) is 1. The average molecular weight is 568 g/mol. The minimum Gasteiger partial charge on any atom is -0.373 e. The van der Waals surface area contributed by atoms with Crippen LogP contribution < -0.4 is 10.2 Å². The van der Waals surface area contributed by atoms with Crippen LogP contribution in [0.1, 0.15) is 30.8 Å². The molecule has 0 aliphatic rings. The van der Waals surface area contributed by atoms with Crippen LogP contribution in [-0.2, 0) is 17.6 Å². The third-order valence-corrected chi connectivity index (χ3v) is 5.89. The highest BCUT2D eigenvalue weighted by Crippen LogP contribution is 2.26. The van der Waals surface area contributed by atoms with Crippen molar-refractivity contribution in [1.82, 2.24) is 18.8 Å². The summed E-state index contributed by atoms with van der Waals surface area (Å²) in [5, 5.41) is 3.04. The smallest absolute Gasteiger partial charge is 0.215 e. The Morgan fingerprint density at radius 1 is 1.06 bits per heavy atom. The van der Waals surface area contributed by atoms with Crippen molar-refractivity contribution in [3.8, 4) is 0 Å². The second-order valence-corrected chi connectivity index (χ2v) is 9.03. The zero-order valence-corrected chi connectivity index (χ0v) is 21.8. The zero-order valence-electron chi connectivity index (χ0n) is 18.6. The van der Waals surface area contributed by atoms with E-state index in [-0.39, 0.29) is 5.82 Å². The summed E-state index contributed by atoms with van der Waals surface area (Å²) < 4.78 is 18.9. The Labute approximate surface area is 202 Å². The Morgan fingerprint density at radius 3 is 2.25 bits per heavy atom. The number of carbonyl (C=O) groups is 1. The van der Waals surface area contributed by atoms with Gasteiger partial charge in [-0.1, -0.05) is 13.8 Å². The summed E-state index contributed by atoms with van der Waals surface area (Å²) in [4.78, 5) is 21.3. The Hall–Kier alpha value is -2.46. The number of aromatic nitrogens is 4. The molecule has 0 spiro atoms. The van der Waals surface area contributed by atoms with E-state index in [1.807, 2.05) is 37.4 Å². The van der Waals surface area contributed by atoms with E-state index in [1.165, 1.54) is 6.07 Å². The van der Waals surface area contributed by atoms with Crippen molar-refractivity contribution in [2.45, 2.75) is 33.6 Å². The van der Waals surface area contributed by atoms with Gasteiger partial charge in [0.05, 0.1) is 11.4 Å². The largest absolute Gasteiger partial charge is 0.373 e. The van der Waals surface area contributed by atoms with E-state index < -0.39 is 0 Å². The molecule has 0 aliphatic carbocycles. The molecule has 170 valence electrons. The first-order valence-corrected chi connectivity index (χ1v) is 11.7. The SMILES string of the molecule is CCc1nc2c(C)cc(Br)cn2c1N(C)C=O.CCc1nc2c(F)cc(Br)cn2c1NC. The minimum absolute atomic E-state index is 0.319. The van der Waals surface area contributed by atoms with Crippen molar-refractivity contribution < 1.29 is 9.18 Å². The lowest BCUT2D eigenvalue weighted by Crippen LogP contribution is -2.17. The molecule has 1 N–H and O–H groups in total.